The fraction of sp³-hybridized carbons (Fsp3) is 1.00. The van der Waals surface area contributed by atoms with Gasteiger partial charge < -0.3 is 4.74 Å². The van der Waals surface area contributed by atoms with Crippen molar-refractivity contribution >= 4 is 0 Å². The molecular weight excluding hydrogens is 138 g/mol. The summed E-state index contributed by atoms with van der Waals surface area (Å²) in [6.45, 7) is 10.8. The molecule has 0 heterocycles. The number of likely N-dealkylation sites (N-methyl/N-ethyl adjacent to an activating group) is 1. The summed E-state index contributed by atoms with van der Waals surface area (Å²) in [5.41, 5.74) is 0. The molecule has 2 nitrogen and oxygen atoms in total. The van der Waals surface area contributed by atoms with Gasteiger partial charge in [-0.3, -0.25) is 4.90 Å². The van der Waals surface area contributed by atoms with Gasteiger partial charge in [-0.25, -0.2) is 0 Å². The third-order valence-corrected chi connectivity index (χ3v) is 2.03. The van der Waals surface area contributed by atoms with E-state index in [9.17, 15) is 0 Å². The largest absolute Gasteiger partial charge is 0.380 e. The fourth-order valence-electron chi connectivity index (χ4n) is 1.11. The Morgan fingerprint density at radius 3 is 2.09 bits per heavy atom. The van der Waals surface area contributed by atoms with Crippen LogP contribution in [0.4, 0.5) is 0 Å². The van der Waals surface area contributed by atoms with Gasteiger partial charge in [-0.05, 0) is 27.3 Å². The second kappa shape index (κ2) is 5.56. The molecular formula is C9H21NO. The average molecular weight is 159 g/mol. The van der Waals surface area contributed by atoms with Gasteiger partial charge in [0, 0.05) is 19.7 Å². The monoisotopic (exact) mass is 159 g/mol. The van der Waals surface area contributed by atoms with Crippen molar-refractivity contribution in [3.63, 3.8) is 0 Å². The quantitative estimate of drug-likeness (QED) is 0.606. The van der Waals surface area contributed by atoms with Gasteiger partial charge in [0.05, 0.1) is 6.10 Å². The Bertz CT molecular complexity index is 93.6. The normalized spacial score (nSPS) is 14.5. The van der Waals surface area contributed by atoms with Gasteiger partial charge in [-0.2, -0.15) is 0 Å². The Balaban J connectivity index is 3.68. The number of hydrogen-bond donors (Lipinski definition) is 0. The van der Waals surface area contributed by atoms with Crippen LogP contribution in [0.1, 0.15) is 27.7 Å². The number of methoxy groups -OCH3 is 1. The van der Waals surface area contributed by atoms with E-state index >= 15 is 0 Å². The van der Waals surface area contributed by atoms with Crippen molar-refractivity contribution in [1.29, 1.82) is 0 Å². The Kier molecular flexibility index (Phi) is 5.51. The van der Waals surface area contributed by atoms with Crippen LogP contribution in [-0.2, 0) is 4.74 Å². The Morgan fingerprint density at radius 1 is 1.27 bits per heavy atom. The molecule has 0 unspecified atom stereocenters. The summed E-state index contributed by atoms with van der Waals surface area (Å²) in [5.74, 6) is 0. The zero-order chi connectivity index (χ0) is 8.85. The number of rotatable bonds is 5. The molecule has 0 aliphatic heterocycles. The molecule has 0 radical (unpaired) electrons. The van der Waals surface area contributed by atoms with E-state index in [1.54, 1.807) is 7.11 Å². The summed E-state index contributed by atoms with van der Waals surface area (Å²) in [6, 6.07) is 0.623. The van der Waals surface area contributed by atoms with E-state index in [0.29, 0.717) is 12.1 Å². The predicted octanol–water partition coefficient (Wildman–Crippen LogP) is 1.75. The zero-order valence-electron chi connectivity index (χ0n) is 8.42. The van der Waals surface area contributed by atoms with Crippen molar-refractivity contribution < 1.29 is 4.74 Å². The van der Waals surface area contributed by atoms with E-state index in [1.807, 2.05) is 0 Å². The van der Waals surface area contributed by atoms with Crippen molar-refractivity contribution in [3.8, 4) is 0 Å². The van der Waals surface area contributed by atoms with Crippen LogP contribution in [0, 0.1) is 0 Å². The van der Waals surface area contributed by atoms with E-state index in [1.165, 1.54) is 0 Å². The van der Waals surface area contributed by atoms with Crippen LogP contribution in [0.3, 0.4) is 0 Å². The Labute approximate surface area is 70.5 Å². The minimum Gasteiger partial charge on any atom is -0.380 e. The molecule has 0 aliphatic rings. The van der Waals surface area contributed by atoms with E-state index < -0.39 is 0 Å². The zero-order valence-corrected chi connectivity index (χ0v) is 8.42. The molecule has 2 heteroatoms. The van der Waals surface area contributed by atoms with Crippen molar-refractivity contribution in [1.82, 2.24) is 4.90 Å². The molecule has 68 valence electrons. The maximum Gasteiger partial charge on any atom is 0.0670 e. The second-order valence-corrected chi connectivity index (χ2v) is 3.23. The molecule has 11 heavy (non-hydrogen) atoms. The molecule has 0 aromatic heterocycles. The molecule has 0 bridgehead atoms. The van der Waals surface area contributed by atoms with E-state index in [-0.39, 0.29) is 0 Å². The standard InChI is InChI=1S/C9H21NO/c1-6-10(8(2)3)7-9(4)11-5/h8-9H,6-7H2,1-5H3/t9-/m1/s1. The van der Waals surface area contributed by atoms with E-state index in [4.69, 9.17) is 4.74 Å². The first-order valence-corrected chi connectivity index (χ1v) is 4.38. The maximum absolute atomic E-state index is 5.19. The van der Waals surface area contributed by atoms with E-state index in [2.05, 4.69) is 32.6 Å². The minimum atomic E-state index is 0.345. The van der Waals surface area contributed by atoms with Gasteiger partial charge in [-0.15, -0.1) is 0 Å². The second-order valence-electron chi connectivity index (χ2n) is 3.23. The molecule has 0 aromatic rings. The van der Waals surface area contributed by atoms with Crippen LogP contribution >= 0.6 is 0 Å². The summed E-state index contributed by atoms with van der Waals surface area (Å²) in [4.78, 5) is 2.40. The summed E-state index contributed by atoms with van der Waals surface area (Å²) < 4.78 is 5.19. The molecule has 0 N–H and O–H groups in total. The van der Waals surface area contributed by atoms with Crippen LogP contribution in [0.25, 0.3) is 0 Å². The van der Waals surface area contributed by atoms with Gasteiger partial charge in [0.1, 0.15) is 0 Å². The molecule has 0 spiro atoms. The summed E-state index contributed by atoms with van der Waals surface area (Å²) in [5, 5.41) is 0. The molecule has 0 saturated heterocycles. The molecule has 0 fully saturated rings. The molecule has 0 aliphatic carbocycles. The van der Waals surface area contributed by atoms with Gasteiger partial charge in [0.15, 0.2) is 0 Å². The number of hydrogen-bond acceptors (Lipinski definition) is 2. The molecule has 0 saturated carbocycles. The van der Waals surface area contributed by atoms with Crippen molar-refractivity contribution in [3.05, 3.63) is 0 Å². The van der Waals surface area contributed by atoms with Crippen molar-refractivity contribution in [2.24, 2.45) is 0 Å². The predicted molar refractivity (Wildman–Crippen MR) is 48.9 cm³/mol. The van der Waals surface area contributed by atoms with Gasteiger partial charge in [-0.1, -0.05) is 6.92 Å². The van der Waals surface area contributed by atoms with Crippen molar-refractivity contribution in [2.45, 2.75) is 39.8 Å². The topological polar surface area (TPSA) is 12.5 Å². The number of nitrogens with zero attached hydrogens (tertiary/aromatic N) is 1. The third-order valence-electron chi connectivity index (χ3n) is 2.03. The summed E-state index contributed by atoms with van der Waals surface area (Å²) in [7, 11) is 1.76. The Hall–Kier alpha value is -0.0800. The SMILES string of the molecule is CCN(C[C@@H](C)OC)C(C)C. The molecule has 0 aromatic carbocycles. The first-order valence-electron chi connectivity index (χ1n) is 4.38. The van der Waals surface area contributed by atoms with Crippen LogP contribution in [0.15, 0.2) is 0 Å². The lowest BCUT2D eigenvalue weighted by molar-refractivity contribution is 0.0680. The lowest BCUT2D eigenvalue weighted by Crippen LogP contribution is -2.36. The first kappa shape index (κ1) is 10.9. The highest BCUT2D eigenvalue weighted by atomic mass is 16.5. The number of ether oxygens (including phenoxy) is 1. The van der Waals surface area contributed by atoms with Crippen molar-refractivity contribution in [2.75, 3.05) is 20.2 Å². The van der Waals surface area contributed by atoms with Crippen LogP contribution < -0.4 is 0 Å². The highest BCUT2D eigenvalue weighted by molar-refractivity contribution is 4.64. The smallest absolute Gasteiger partial charge is 0.0670 e. The molecule has 1 atom stereocenters. The highest BCUT2D eigenvalue weighted by Gasteiger charge is 2.09. The van der Waals surface area contributed by atoms with Crippen LogP contribution in [0.5, 0.6) is 0 Å². The minimum absolute atomic E-state index is 0.345. The molecule has 0 amide bonds. The van der Waals surface area contributed by atoms with Gasteiger partial charge in [0.2, 0.25) is 0 Å². The maximum atomic E-state index is 5.19. The Morgan fingerprint density at radius 2 is 1.82 bits per heavy atom. The summed E-state index contributed by atoms with van der Waals surface area (Å²) in [6.07, 6.45) is 0.345. The average Bonchev–Trinajstić information content (AvgIpc) is 1.99. The first-order chi connectivity index (χ1) is 5.11. The van der Waals surface area contributed by atoms with Gasteiger partial charge >= 0.3 is 0 Å². The van der Waals surface area contributed by atoms with Gasteiger partial charge in [0.25, 0.3) is 0 Å². The molecule has 0 rings (SSSR count). The summed E-state index contributed by atoms with van der Waals surface area (Å²) >= 11 is 0. The van der Waals surface area contributed by atoms with Crippen LogP contribution in [-0.4, -0.2) is 37.2 Å². The fourth-order valence-corrected chi connectivity index (χ4v) is 1.11. The lowest BCUT2D eigenvalue weighted by Gasteiger charge is -2.27. The third kappa shape index (κ3) is 4.38. The lowest BCUT2D eigenvalue weighted by atomic mass is 10.3. The van der Waals surface area contributed by atoms with Crippen LogP contribution in [0.2, 0.25) is 0 Å². The van der Waals surface area contributed by atoms with E-state index in [0.717, 1.165) is 13.1 Å². The highest BCUT2D eigenvalue weighted by Crippen LogP contribution is 2.00.